The lowest BCUT2D eigenvalue weighted by Gasteiger charge is -2.50. The number of carboxylic acids is 1. The fourth-order valence-corrected chi connectivity index (χ4v) is 6.79. The van der Waals surface area contributed by atoms with Gasteiger partial charge in [-0.2, -0.15) is 26.3 Å². The summed E-state index contributed by atoms with van der Waals surface area (Å²) < 4.78 is 87.3. The molecular formula is C28H32F6N2O3. The van der Waals surface area contributed by atoms with E-state index in [1.54, 1.807) is 18.2 Å². The first-order valence-corrected chi connectivity index (χ1v) is 13.4. The molecule has 39 heavy (non-hydrogen) atoms. The largest absolute Gasteiger partial charge is 0.490 e. The molecule has 0 amide bonds. The van der Waals surface area contributed by atoms with Crippen molar-refractivity contribution >= 4 is 16.7 Å². The van der Waals surface area contributed by atoms with Crippen molar-refractivity contribution in [1.82, 2.24) is 4.90 Å². The molecule has 0 radical (unpaired) electrons. The van der Waals surface area contributed by atoms with E-state index in [2.05, 4.69) is 4.90 Å². The fraction of sp³-hybridized carbons (Fsp3) is 0.607. The van der Waals surface area contributed by atoms with Crippen LogP contribution in [-0.2, 0) is 17.5 Å². The van der Waals surface area contributed by atoms with E-state index >= 15 is 0 Å². The van der Waals surface area contributed by atoms with E-state index in [9.17, 15) is 36.2 Å². The number of nitrogens with zero attached hydrogens (tertiary/aromatic N) is 1. The van der Waals surface area contributed by atoms with Crippen molar-refractivity contribution in [1.29, 1.82) is 0 Å². The highest BCUT2D eigenvalue weighted by Crippen LogP contribution is 2.44. The van der Waals surface area contributed by atoms with Gasteiger partial charge in [0.2, 0.25) is 0 Å². The van der Waals surface area contributed by atoms with Crippen molar-refractivity contribution in [3.8, 4) is 5.75 Å². The second-order valence-electron chi connectivity index (χ2n) is 11.3. The van der Waals surface area contributed by atoms with Crippen LogP contribution < -0.4 is 10.5 Å². The minimum atomic E-state index is -4.72. The van der Waals surface area contributed by atoms with Gasteiger partial charge in [-0.15, -0.1) is 0 Å². The van der Waals surface area contributed by atoms with Gasteiger partial charge in [0.25, 0.3) is 0 Å². The molecule has 2 saturated heterocycles. The lowest BCUT2D eigenvalue weighted by Crippen LogP contribution is -2.57. The minimum Gasteiger partial charge on any atom is -0.490 e. The number of nitrogens with two attached hydrogens (primary N) is 1. The molecule has 2 aliphatic heterocycles. The van der Waals surface area contributed by atoms with E-state index < -0.39 is 41.8 Å². The summed E-state index contributed by atoms with van der Waals surface area (Å²) in [5, 5.41) is 9.87. The average Bonchev–Trinajstić information content (AvgIpc) is 2.83. The second kappa shape index (κ2) is 10.5. The number of alkyl halides is 6. The van der Waals surface area contributed by atoms with E-state index in [-0.39, 0.29) is 54.9 Å². The summed E-state index contributed by atoms with van der Waals surface area (Å²) >= 11 is 0. The van der Waals surface area contributed by atoms with E-state index in [4.69, 9.17) is 10.5 Å². The van der Waals surface area contributed by atoms with Gasteiger partial charge in [-0.25, -0.2) is 0 Å². The Hall–Kier alpha value is -2.53. The number of fused-ring (bicyclic) bond motifs is 3. The maximum Gasteiger partial charge on any atom is 0.420 e. The summed E-state index contributed by atoms with van der Waals surface area (Å²) in [6.45, 7) is 0.479. The van der Waals surface area contributed by atoms with Crippen molar-refractivity contribution < 1.29 is 41.0 Å². The molecule has 5 nitrogen and oxygen atoms in total. The van der Waals surface area contributed by atoms with Gasteiger partial charge in [-0.3, -0.25) is 9.69 Å². The molecule has 214 valence electrons. The van der Waals surface area contributed by atoms with E-state index in [0.29, 0.717) is 37.6 Å². The summed E-state index contributed by atoms with van der Waals surface area (Å²) in [7, 11) is 0. The van der Waals surface area contributed by atoms with Gasteiger partial charge in [-0.1, -0.05) is 18.2 Å². The molecule has 3 aliphatic rings. The molecule has 2 atom stereocenters. The van der Waals surface area contributed by atoms with Crippen LogP contribution in [0.4, 0.5) is 26.3 Å². The number of carbonyl (C=O) groups is 1. The zero-order valence-corrected chi connectivity index (χ0v) is 21.3. The first-order chi connectivity index (χ1) is 18.3. The summed E-state index contributed by atoms with van der Waals surface area (Å²) in [4.78, 5) is 13.8. The highest BCUT2D eigenvalue weighted by molar-refractivity contribution is 5.89. The Kier molecular flexibility index (Phi) is 7.52. The van der Waals surface area contributed by atoms with Crippen LogP contribution in [-0.4, -0.2) is 46.4 Å². The Labute approximate surface area is 222 Å². The number of hydrogen-bond acceptors (Lipinski definition) is 4. The third kappa shape index (κ3) is 5.99. The molecule has 2 bridgehead atoms. The molecule has 2 aromatic rings. The molecule has 2 unspecified atom stereocenters. The standard InChI is InChI=1S/C28H32F6N2O3/c29-27(30,31)18-3-5-22(6-4-18)39-24-8-2-16-9-15(1-7-23(16)25(24)28(32,33)34)14-36-20-10-17(26(37)38)11-21(36)13-19(35)12-20/h1-2,7-9,17-22H,3-6,10-14,35H2,(H,37,38)/t17?,18-,19?,20?,21?,22+. The summed E-state index contributed by atoms with van der Waals surface area (Å²) in [5.41, 5.74) is 6.09. The van der Waals surface area contributed by atoms with Crippen molar-refractivity contribution in [2.24, 2.45) is 17.6 Å². The zero-order valence-electron chi connectivity index (χ0n) is 21.3. The van der Waals surface area contributed by atoms with Crippen LogP contribution in [0.25, 0.3) is 10.8 Å². The van der Waals surface area contributed by atoms with Gasteiger partial charge in [-0.05, 0) is 79.8 Å². The quantitative estimate of drug-likeness (QED) is 0.409. The average molecular weight is 559 g/mol. The Balaban J connectivity index is 1.36. The molecule has 3 N–H and O–H groups in total. The number of halogens is 6. The lowest BCUT2D eigenvalue weighted by molar-refractivity contribution is -0.185. The van der Waals surface area contributed by atoms with Crippen LogP contribution in [0, 0.1) is 11.8 Å². The number of aliphatic carboxylic acids is 1. The highest BCUT2D eigenvalue weighted by atomic mass is 19.4. The Morgan fingerprint density at radius 2 is 1.59 bits per heavy atom. The molecule has 2 aromatic carbocycles. The van der Waals surface area contributed by atoms with Crippen LogP contribution in [0.2, 0.25) is 0 Å². The van der Waals surface area contributed by atoms with Gasteiger partial charge < -0.3 is 15.6 Å². The van der Waals surface area contributed by atoms with E-state index in [1.165, 1.54) is 12.1 Å². The SMILES string of the molecule is NC1CC2CC(C(=O)O)CC(C1)N2Cc1ccc2c(C(F)(F)F)c(O[C@H]3CC[C@@H](C(F)(F)F)CC3)ccc2c1. The molecule has 5 rings (SSSR count). The van der Waals surface area contributed by atoms with E-state index in [1.807, 2.05) is 0 Å². The monoisotopic (exact) mass is 558 g/mol. The van der Waals surface area contributed by atoms with Crippen molar-refractivity contribution in [3.05, 3.63) is 41.5 Å². The molecule has 1 saturated carbocycles. The molecule has 0 spiro atoms. The lowest BCUT2D eigenvalue weighted by atomic mass is 9.76. The second-order valence-corrected chi connectivity index (χ2v) is 11.3. The van der Waals surface area contributed by atoms with Crippen molar-refractivity contribution in [2.75, 3.05) is 0 Å². The number of ether oxygens (including phenoxy) is 1. The Bertz CT molecular complexity index is 1190. The molecule has 1 aliphatic carbocycles. The third-order valence-corrected chi connectivity index (χ3v) is 8.68. The predicted octanol–water partition coefficient (Wildman–Crippen LogP) is 6.51. The maximum atomic E-state index is 14.2. The molecular weight excluding hydrogens is 526 g/mol. The number of benzene rings is 2. The number of carboxylic acid groups (broad SMARTS) is 1. The molecule has 3 fully saturated rings. The van der Waals surface area contributed by atoms with Gasteiger partial charge >= 0.3 is 18.3 Å². The first kappa shape index (κ1) is 28.0. The van der Waals surface area contributed by atoms with Gasteiger partial charge in [0.15, 0.2) is 0 Å². The normalized spacial score (nSPS) is 30.3. The van der Waals surface area contributed by atoms with Gasteiger partial charge in [0.05, 0.1) is 17.9 Å². The minimum absolute atomic E-state index is 0.00104. The summed E-state index contributed by atoms with van der Waals surface area (Å²) in [6, 6.07) is 7.59. The maximum absolute atomic E-state index is 14.2. The summed E-state index contributed by atoms with van der Waals surface area (Å²) in [6.07, 6.45) is -7.62. The highest BCUT2D eigenvalue weighted by Gasteiger charge is 2.44. The smallest absolute Gasteiger partial charge is 0.420 e. The molecule has 11 heteroatoms. The van der Waals surface area contributed by atoms with Crippen LogP contribution in [0.5, 0.6) is 5.75 Å². The predicted molar refractivity (Wildman–Crippen MR) is 132 cm³/mol. The first-order valence-electron chi connectivity index (χ1n) is 13.4. The number of rotatable bonds is 5. The van der Waals surface area contributed by atoms with Crippen molar-refractivity contribution in [2.45, 2.75) is 94.5 Å². The van der Waals surface area contributed by atoms with Crippen LogP contribution in [0.1, 0.15) is 62.5 Å². The van der Waals surface area contributed by atoms with Gasteiger partial charge in [0.1, 0.15) is 11.3 Å². The van der Waals surface area contributed by atoms with E-state index in [0.717, 1.165) is 5.56 Å². The van der Waals surface area contributed by atoms with Crippen LogP contribution in [0.3, 0.4) is 0 Å². The Morgan fingerprint density at radius 1 is 0.949 bits per heavy atom. The zero-order chi connectivity index (χ0) is 28.1. The van der Waals surface area contributed by atoms with Crippen molar-refractivity contribution in [3.63, 3.8) is 0 Å². The molecule has 2 heterocycles. The van der Waals surface area contributed by atoms with Crippen LogP contribution in [0.15, 0.2) is 30.3 Å². The fourth-order valence-electron chi connectivity index (χ4n) is 6.79. The van der Waals surface area contributed by atoms with Crippen LogP contribution >= 0.6 is 0 Å². The number of hydrogen-bond donors (Lipinski definition) is 2. The summed E-state index contributed by atoms with van der Waals surface area (Å²) in [5.74, 6) is -3.04. The molecule has 0 aromatic heterocycles. The third-order valence-electron chi connectivity index (χ3n) is 8.68. The topological polar surface area (TPSA) is 75.8 Å². The van der Waals surface area contributed by atoms with Gasteiger partial charge in [0, 0.05) is 24.7 Å². The Morgan fingerprint density at radius 3 is 2.15 bits per heavy atom. The number of piperidine rings is 2.